The molecule has 4 rings (SSSR count). The van der Waals surface area contributed by atoms with Crippen molar-refractivity contribution in [2.75, 3.05) is 13.1 Å². The molecule has 1 aromatic heterocycles. The van der Waals surface area contributed by atoms with E-state index in [0.717, 1.165) is 19.3 Å². The van der Waals surface area contributed by atoms with Crippen LogP contribution in [0.4, 0.5) is 0 Å². The molecule has 2 heterocycles. The van der Waals surface area contributed by atoms with Crippen molar-refractivity contribution < 1.29 is 17.6 Å². The van der Waals surface area contributed by atoms with Gasteiger partial charge in [-0.1, -0.05) is 19.8 Å². The Balaban J connectivity index is 1.50. The third kappa shape index (κ3) is 3.92. The average molecular weight is 436 g/mol. The first kappa shape index (κ1) is 21.1. The van der Waals surface area contributed by atoms with Crippen LogP contribution in [0.25, 0.3) is 11.1 Å². The second-order valence-electron chi connectivity index (χ2n) is 8.64. The van der Waals surface area contributed by atoms with Crippen LogP contribution in [0.1, 0.15) is 45.4 Å². The number of aromatic nitrogens is 1. The molecule has 0 unspecified atom stereocenters. The summed E-state index contributed by atoms with van der Waals surface area (Å²) in [6.45, 7) is 2.72. The molecule has 8 nitrogen and oxygen atoms in total. The summed E-state index contributed by atoms with van der Waals surface area (Å²) in [4.78, 5) is 24.6. The SMILES string of the molecule is C[C@@H]1CCCC[C@H]1NC(=O)[C@@H]1CCCN(S(=O)(=O)c2ccc3c(c2)oc(=O)n3C)C1. The van der Waals surface area contributed by atoms with E-state index in [-0.39, 0.29) is 34.9 Å². The van der Waals surface area contributed by atoms with Gasteiger partial charge in [-0.3, -0.25) is 9.36 Å². The van der Waals surface area contributed by atoms with E-state index < -0.39 is 15.8 Å². The molecule has 1 saturated carbocycles. The van der Waals surface area contributed by atoms with Crippen LogP contribution >= 0.6 is 0 Å². The summed E-state index contributed by atoms with van der Waals surface area (Å²) < 4.78 is 34.3. The Bertz CT molecular complexity index is 1100. The maximum atomic E-state index is 13.2. The van der Waals surface area contributed by atoms with Gasteiger partial charge in [0.1, 0.15) is 0 Å². The highest BCUT2D eigenvalue weighted by molar-refractivity contribution is 7.89. The molecular weight excluding hydrogens is 406 g/mol. The summed E-state index contributed by atoms with van der Waals surface area (Å²) in [6.07, 6.45) is 5.76. The minimum atomic E-state index is -3.79. The van der Waals surface area contributed by atoms with Crippen LogP contribution in [0.2, 0.25) is 0 Å². The fourth-order valence-corrected chi connectivity index (χ4v) is 6.17. The van der Waals surface area contributed by atoms with Crippen molar-refractivity contribution in [3.8, 4) is 0 Å². The van der Waals surface area contributed by atoms with Gasteiger partial charge in [-0.25, -0.2) is 13.2 Å². The maximum absolute atomic E-state index is 13.2. The van der Waals surface area contributed by atoms with Gasteiger partial charge >= 0.3 is 5.76 Å². The zero-order valence-electron chi connectivity index (χ0n) is 17.5. The first-order valence-corrected chi connectivity index (χ1v) is 12.1. The lowest BCUT2D eigenvalue weighted by Crippen LogP contribution is -2.49. The van der Waals surface area contributed by atoms with E-state index in [9.17, 15) is 18.0 Å². The topological polar surface area (TPSA) is 102 Å². The minimum absolute atomic E-state index is 0.0434. The molecule has 2 fully saturated rings. The summed E-state index contributed by atoms with van der Waals surface area (Å²) in [7, 11) is -2.21. The normalized spacial score (nSPS) is 26.0. The van der Waals surface area contributed by atoms with Gasteiger partial charge in [0.25, 0.3) is 0 Å². The number of amides is 1. The number of fused-ring (bicyclic) bond motifs is 1. The molecule has 1 aromatic carbocycles. The monoisotopic (exact) mass is 435 g/mol. The van der Waals surface area contributed by atoms with Gasteiger partial charge in [-0.2, -0.15) is 4.31 Å². The Labute approximate surface area is 176 Å². The molecular formula is C21H29N3O5S. The minimum Gasteiger partial charge on any atom is -0.408 e. The Morgan fingerprint density at radius 1 is 1.17 bits per heavy atom. The number of sulfonamides is 1. The smallest absolute Gasteiger partial charge is 0.408 e. The first-order valence-electron chi connectivity index (χ1n) is 10.7. The number of carbonyl (C=O) groups excluding carboxylic acids is 1. The van der Waals surface area contributed by atoms with Crippen LogP contribution < -0.4 is 11.1 Å². The number of rotatable bonds is 4. The highest BCUT2D eigenvalue weighted by Crippen LogP contribution is 2.28. The number of aryl methyl sites for hydroxylation is 1. The van der Waals surface area contributed by atoms with E-state index in [1.54, 1.807) is 13.1 Å². The highest BCUT2D eigenvalue weighted by atomic mass is 32.2. The van der Waals surface area contributed by atoms with Crippen molar-refractivity contribution in [1.29, 1.82) is 0 Å². The molecule has 2 aliphatic rings. The highest BCUT2D eigenvalue weighted by Gasteiger charge is 2.35. The van der Waals surface area contributed by atoms with Crippen molar-refractivity contribution in [2.24, 2.45) is 18.9 Å². The Hall–Kier alpha value is -2.13. The van der Waals surface area contributed by atoms with E-state index >= 15 is 0 Å². The Morgan fingerprint density at radius 2 is 1.93 bits per heavy atom. The molecule has 1 N–H and O–H groups in total. The van der Waals surface area contributed by atoms with Crippen LogP contribution in [0.3, 0.4) is 0 Å². The van der Waals surface area contributed by atoms with Crippen LogP contribution in [-0.4, -0.2) is 42.3 Å². The van der Waals surface area contributed by atoms with E-state index in [2.05, 4.69) is 12.2 Å². The zero-order valence-corrected chi connectivity index (χ0v) is 18.3. The van der Waals surface area contributed by atoms with E-state index in [4.69, 9.17) is 4.42 Å². The molecule has 9 heteroatoms. The molecule has 3 atom stereocenters. The molecule has 0 radical (unpaired) electrons. The number of piperidine rings is 1. The van der Waals surface area contributed by atoms with Crippen molar-refractivity contribution >= 4 is 27.0 Å². The molecule has 164 valence electrons. The molecule has 2 aromatic rings. The molecule has 0 bridgehead atoms. The molecule has 0 spiro atoms. The van der Waals surface area contributed by atoms with Crippen LogP contribution in [-0.2, 0) is 21.9 Å². The molecule has 1 saturated heterocycles. The maximum Gasteiger partial charge on any atom is 0.419 e. The molecule has 1 aliphatic heterocycles. The number of hydrogen-bond donors (Lipinski definition) is 1. The van der Waals surface area contributed by atoms with Crippen LogP contribution in [0, 0.1) is 11.8 Å². The first-order chi connectivity index (χ1) is 14.3. The summed E-state index contributed by atoms with van der Waals surface area (Å²) in [5.41, 5.74) is 0.776. The predicted octanol–water partition coefficient (Wildman–Crippen LogP) is 2.23. The van der Waals surface area contributed by atoms with Gasteiger partial charge in [-0.05, 0) is 43.7 Å². The number of benzene rings is 1. The van der Waals surface area contributed by atoms with Crippen molar-refractivity contribution in [3.05, 3.63) is 28.7 Å². The summed E-state index contributed by atoms with van der Waals surface area (Å²) in [5.74, 6) is -0.469. The van der Waals surface area contributed by atoms with E-state index in [0.29, 0.717) is 30.8 Å². The molecule has 1 amide bonds. The van der Waals surface area contributed by atoms with Crippen LogP contribution in [0.15, 0.2) is 32.3 Å². The van der Waals surface area contributed by atoms with Gasteiger partial charge in [0.2, 0.25) is 15.9 Å². The zero-order chi connectivity index (χ0) is 21.5. The summed E-state index contributed by atoms with van der Waals surface area (Å²) in [6, 6.07) is 4.63. The number of hydrogen-bond acceptors (Lipinski definition) is 5. The second kappa shape index (κ2) is 8.19. The number of nitrogens with zero attached hydrogens (tertiary/aromatic N) is 2. The van der Waals surface area contributed by atoms with Gasteiger partial charge < -0.3 is 9.73 Å². The van der Waals surface area contributed by atoms with Crippen molar-refractivity contribution in [2.45, 2.75) is 56.4 Å². The summed E-state index contributed by atoms with van der Waals surface area (Å²) >= 11 is 0. The third-order valence-corrected chi connectivity index (χ3v) is 8.46. The summed E-state index contributed by atoms with van der Waals surface area (Å²) in [5, 5.41) is 3.17. The van der Waals surface area contributed by atoms with Crippen molar-refractivity contribution in [3.63, 3.8) is 0 Å². The quantitative estimate of drug-likeness (QED) is 0.794. The lowest BCUT2D eigenvalue weighted by atomic mass is 9.85. The van der Waals surface area contributed by atoms with E-state index in [1.807, 2.05) is 0 Å². The standard InChI is InChI=1S/C21H29N3O5S/c1-14-6-3-4-8-17(14)22-20(25)15-7-5-11-24(13-15)30(27,28)16-9-10-18-19(12-16)29-21(26)23(18)2/h9-10,12,14-15,17H,3-8,11,13H2,1-2H3,(H,22,25)/t14-,15-,17-/m1/s1. The second-order valence-corrected chi connectivity index (χ2v) is 10.6. The van der Waals surface area contributed by atoms with Gasteiger partial charge in [-0.15, -0.1) is 0 Å². The fourth-order valence-electron chi connectivity index (χ4n) is 4.63. The lowest BCUT2D eigenvalue weighted by Gasteiger charge is -2.34. The third-order valence-electron chi connectivity index (χ3n) is 6.60. The molecule has 1 aliphatic carbocycles. The number of oxazole rings is 1. The predicted molar refractivity (Wildman–Crippen MR) is 113 cm³/mol. The van der Waals surface area contributed by atoms with Gasteiger partial charge in [0.15, 0.2) is 5.58 Å². The van der Waals surface area contributed by atoms with E-state index in [1.165, 1.54) is 27.4 Å². The van der Waals surface area contributed by atoms with Gasteiger partial charge in [0, 0.05) is 32.2 Å². The lowest BCUT2D eigenvalue weighted by molar-refractivity contribution is -0.127. The van der Waals surface area contributed by atoms with Gasteiger partial charge in [0.05, 0.1) is 16.3 Å². The average Bonchev–Trinajstić information content (AvgIpc) is 3.03. The fraction of sp³-hybridized carbons (Fsp3) is 0.619. The number of nitrogens with one attached hydrogen (secondary N) is 1. The Morgan fingerprint density at radius 3 is 2.70 bits per heavy atom. The Kier molecular flexibility index (Phi) is 5.76. The molecule has 30 heavy (non-hydrogen) atoms. The van der Waals surface area contributed by atoms with Crippen molar-refractivity contribution in [1.82, 2.24) is 14.2 Å². The largest absolute Gasteiger partial charge is 0.419 e. The van der Waals surface area contributed by atoms with Crippen LogP contribution in [0.5, 0.6) is 0 Å². The number of carbonyl (C=O) groups is 1.